The molecule has 1 fully saturated rings. The zero-order valence-electron chi connectivity index (χ0n) is 10.4. The highest BCUT2D eigenvalue weighted by atomic mass is 32.2. The Hall–Kier alpha value is -0.910. The Morgan fingerprint density at radius 2 is 2.06 bits per heavy atom. The first kappa shape index (κ1) is 14.2. The molecule has 0 aromatic rings. The summed E-state index contributed by atoms with van der Waals surface area (Å²) in [5.74, 6) is 0.451. The van der Waals surface area contributed by atoms with Crippen molar-refractivity contribution in [1.82, 2.24) is 10.2 Å². The lowest BCUT2D eigenvalue weighted by Gasteiger charge is -2.21. The van der Waals surface area contributed by atoms with Crippen LogP contribution in [0.25, 0.3) is 0 Å². The van der Waals surface area contributed by atoms with Gasteiger partial charge in [-0.05, 0) is 31.3 Å². The van der Waals surface area contributed by atoms with Gasteiger partial charge in [-0.2, -0.15) is 11.8 Å². The summed E-state index contributed by atoms with van der Waals surface area (Å²) in [4.78, 5) is 25.1. The molecule has 6 heteroatoms. The van der Waals surface area contributed by atoms with Crippen LogP contribution in [0.15, 0.2) is 0 Å². The third-order valence-electron chi connectivity index (χ3n) is 2.79. The number of nitrogens with one attached hydrogen (secondary N) is 1. The number of methoxy groups -OCH3 is 1. The fraction of sp³-hybridized carbons (Fsp3) is 0.818. The molecule has 0 aromatic carbocycles. The number of carbonyl (C=O) groups is 2. The van der Waals surface area contributed by atoms with Gasteiger partial charge >= 0.3 is 12.0 Å². The minimum atomic E-state index is -0.527. The summed E-state index contributed by atoms with van der Waals surface area (Å²) < 4.78 is 4.69. The second kappa shape index (κ2) is 7.42. The molecule has 0 radical (unpaired) electrons. The molecule has 17 heavy (non-hydrogen) atoms. The Morgan fingerprint density at radius 3 is 2.59 bits per heavy atom. The molecule has 98 valence electrons. The third-order valence-corrected chi connectivity index (χ3v) is 3.43. The summed E-state index contributed by atoms with van der Waals surface area (Å²) in [5, 5.41) is 2.74. The monoisotopic (exact) mass is 260 g/mol. The third kappa shape index (κ3) is 4.46. The first-order valence-corrected chi connectivity index (χ1v) is 7.20. The van der Waals surface area contributed by atoms with Crippen LogP contribution in [0.3, 0.4) is 0 Å². The maximum absolute atomic E-state index is 11.8. The van der Waals surface area contributed by atoms with Crippen LogP contribution in [0.1, 0.15) is 19.3 Å². The van der Waals surface area contributed by atoms with Crippen LogP contribution < -0.4 is 5.32 Å². The first-order chi connectivity index (χ1) is 8.19. The number of amides is 2. The number of hydrogen-bond donors (Lipinski definition) is 1. The largest absolute Gasteiger partial charge is 0.467 e. The average molecular weight is 260 g/mol. The van der Waals surface area contributed by atoms with Gasteiger partial charge in [0.15, 0.2) is 0 Å². The van der Waals surface area contributed by atoms with Crippen LogP contribution in [0, 0.1) is 0 Å². The van der Waals surface area contributed by atoms with E-state index in [2.05, 4.69) is 5.32 Å². The molecule has 0 aliphatic carbocycles. The van der Waals surface area contributed by atoms with E-state index in [9.17, 15) is 9.59 Å². The SMILES string of the molecule is COC(=O)C(CCSC)NC(=O)N1CCCC1. The van der Waals surface area contributed by atoms with E-state index in [0.717, 1.165) is 31.7 Å². The van der Waals surface area contributed by atoms with Gasteiger partial charge in [-0.15, -0.1) is 0 Å². The number of thioether (sulfide) groups is 1. The Balaban J connectivity index is 2.46. The van der Waals surface area contributed by atoms with Crippen LogP contribution in [-0.4, -0.2) is 55.2 Å². The van der Waals surface area contributed by atoms with Crippen LogP contribution in [0.2, 0.25) is 0 Å². The van der Waals surface area contributed by atoms with Crippen molar-refractivity contribution < 1.29 is 14.3 Å². The van der Waals surface area contributed by atoms with Gasteiger partial charge in [0.2, 0.25) is 0 Å². The van der Waals surface area contributed by atoms with E-state index in [0.29, 0.717) is 6.42 Å². The fourth-order valence-corrected chi connectivity index (χ4v) is 2.26. The number of urea groups is 1. The van der Waals surface area contributed by atoms with Gasteiger partial charge in [0, 0.05) is 13.1 Å². The molecule has 0 spiro atoms. The quantitative estimate of drug-likeness (QED) is 0.752. The van der Waals surface area contributed by atoms with Crippen molar-refractivity contribution in [3.8, 4) is 0 Å². The smallest absolute Gasteiger partial charge is 0.328 e. The van der Waals surface area contributed by atoms with E-state index in [-0.39, 0.29) is 12.0 Å². The number of likely N-dealkylation sites (tertiary alicyclic amines) is 1. The molecule has 1 heterocycles. The van der Waals surface area contributed by atoms with Crippen molar-refractivity contribution in [3.63, 3.8) is 0 Å². The standard InChI is InChI=1S/C11H20N2O3S/c1-16-10(14)9(5-8-17-2)12-11(15)13-6-3-4-7-13/h9H,3-8H2,1-2H3,(H,12,15). The summed E-state index contributed by atoms with van der Waals surface area (Å²) in [6.45, 7) is 1.56. The molecular weight excluding hydrogens is 240 g/mol. The molecule has 2 amide bonds. The van der Waals surface area contributed by atoms with Gasteiger partial charge in [-0.25, -0.2) is 9.59 Å². The van der Waals surface area contributed by atoms with Crippen molar-refractivity contribution in [2.75, 3.05) is 32.2 Å². The summed E-state index contributed by atoms with van der Waals surface area (Å²) >= 11 is 1.64. The summed E-state index contributed by atoms with van der Waals surface area (Å²) in [6.07, 6.45) is 4.66. The predicted molar refractivity (Wildman–Crippen MR) is 68.1 cm³/mol. The highest BCUT2D eigenvalue weighted by molar-refractivity contribution is 7.98. The lowest BCUT2D eigenvalue weighted by atomic mass is 10.2. The van der Waals surface area contributed by atoms with Gasteiger partial charge in [0.05, 0.1) is 7.11 Å². The fourth-order valence-electron chi connectivity index (χ4n) is 1.79. The molecule has 1 N–H and O–H groups in total. The van der Waals surface area contributed by atoms with Crippen LogP contribution in [0.5, 0.6) is 0 Å². The maximum Gasteiger partial charge on any atom is 0.328 e. The van der Waals surface area contributed by atoms with E-state index in [1.165, 1.54) is 7.11 Å². The summed E-state index contributed by atoms with van der Waals surface area (Å²) in [7, 11) is 1.34. The molecular formula is C11H20N2O3S. The minimum Gasteiger partial charge on any atom is -0.467 e. The van der Waals surface area contributed by atoms with Gasteiger partial charge < -0.3 is 15.0 Å². The maximum atomic E-state index is 11.8. The second-order valence-electron chi connectivity index (χ2n) is 4.00. The average Bonchev–Trinajstić information content (AvgIpc) is 2.87. The van der Waals surface area contributed by atoms with Gasteiger partial charge in [-0.3, -0.25) is 0 Å². The Morgan fingerprint density at radius 1 is 1.41 bits per heavy atom. The second-order valence-corrected chi connectivity index (χ2v) is 4.99. The number of esters is 1. The minimum absolute atomic E-state index is 0.154. The van der Waals surface area contributed by atoms with E-state index < -0.39 is 6.04 Å². The Labute approximate surface area is 106 Å². The van der Waals surface area contributed by atoms with Crippen molar-refractivity contribution in [3.05, 3.63) is 0 Å². The number of ether oxygens (including phenoxy) is 1. The molecule has 1 rings (SSSR count). The van der Waals surface area contributed by atoms with Crippen molar-refractivity contribution >= 4 is 23.8 Å². The molecule has 1 unspecified atom stereocenters. The van der Waals surface area contributed by atoms with E-state index in [1.807, 2.05) is 6.26 Å². The van der Waals surface area contributed by atoms with Crippen molar-refractivity contribution in [2.45, 2.75) is 25.3 Å². The van der Waals surface area contributed by atoms with E-state index in [1.54, 1.807) is 16.7 Å². The molecule has 0 aromatic heterocycles. The highest BCUT2D eigenvalue weighted by Crippen LogP contribution is 2.09. The van der Waals surface area contributed by atoms with Gasteiger partial charge in [-0.1, -0.05) is 0 Å². The molecule has 1 aliphatic heterocycles. The topological polar surface area (TPSA) is 58.6 Å². The lowest BCUT2D eigenvalue weighted by Crippen LogP contribution is -2.47. The van der Waals surface area contributed by atoms with Crippen molar-refractivity contribution in [2.24, 2.45) is 0 Å². The summed E-state index contributed by atoms with van der Waals surface area (Å²) in [5.41, 5.74) is 0. The lowest BCUT2D eigenvalue weighted by molar-refractivity contribution is -0.142. The van der Waals surface area contributed by atoms with Gasteiger partial charge in [0.1, 0.15) is 6.04 Å². The molecule has 0 saturated carbocycles. The Bertz CT molecular complexity index is 267. The van der Waals surface area contributed by atoms with Gasteiger partial charge in [0.25, 0.3) is 0 Å². The summed E-state index contributed by atoms with van der Waals surface area (Å²) in [6, 6.07) is -0.681. The normalized spacial score (nSPS) is 16.7. The van der Waals surface area contributed by atoms with Crippen LogP contribution in [0.4, 0.5) is 4.79 Å². The van der Waals surface area contributed by atoms with Crippen LogP contribution >= 0.6 is 11.8 Å². The Kier molecular flexibility index (Phi) is 6.18. The molecule has 0 bridgehead atoms. The zero-order valence-corrected chi connectivity index (χ0v) is 11.2. The first-order valence-electron chi connectivity index (χ1n) is 5.81. The number of carbonyl (C=O) groups excluding carboxylic acids is 2. The number of hydrogen-bond acceptors (Lipinski definition) is 4. The number of rotatable bonds is 5. The van der Waals surface area contributed by atoms with Crippen molar-refractivity contribution in [1.29, 1.82) is 0 Å². The zero-order chi connectivity index (χ0) is 12.7. The van der Waals surface area contributed by atoms with Crippen LogP contribution in [-0.2, 0) is 9.53 Å². The predicted octanol–water partition coefficient (Wildman–Crippen LogP) is 1.09. The molecule has 5 nitrogen and oxygen atoms in total. The molecule has 1 aliphatic rings. The highest BCUT2D eigenvalue weighted by Gasteiger charge is 2.25. The number of nitrogens with zero attached hydrogens (tertiary/aromatic N) is 1. The molecule has 1 atom stereocenters. The van der Waals surface area contributed by atoms with E-state index in [4.69, 9.17) is 4.74 Å². The molecule has 1 saturated heterocycles. The van der Waals surface area contributed by atoms with E-state index >= 15 is 0 Å².